The van der Waals surface area contributed by atoms with Crippen LogP contribution in [0.15, 0.2) is 34.1 Å². The molecule has 4 rings (SSSR count). The number of thioether (sulfide) groups is 1. The fraction of sp³-hybridized carbons (Fsp3) is 0.529. The summed E-state index contributed by atoms with van der Waals surface area (Å²) in [5.41, 5.74) is 0. The van der Waals surface area contributed by atoms with E-state index in [9.17, 15) is 4.79 Å². The molecule has 0 aromatic carbocycles. The fourth-order valence-corrected chi connectivity index (χ4v) is 4.31. The van der Waals surface area contributed by atoms with Crippen LogP contribution in [0.3, 0.4) is 0 Å². The molecular weight excluding hydrogens is 324 g/mol. The third kappa shape index (κ3) is 3.23. The van der Waals surface area contributed by atoms with Crippen molar-refractivity contribution < 1.29 is 9.21 Å². The van der Waals surface area contributed by atoms with Crippen molar-refractivity contribution >= 4 is 17.7 Å². The number of carbonyl (C=O) groups excluding carboxylic acids is 1. The van der Waals surface area contributed by atoms with Gasteiger partial charge in [-0.15, -0.1) is 0 Å². The van der Waals surface area contributed by atoms with Crippen molar-refractivity contribution in [3.8, 4) is 0 Å². The van der Waals surface area contributed by atoms with Gasteiger partial charge in [0.25, 0.3) is 5.91 Å². The number of nitrogens with zero attached hydrogens (tertiary/aromatic N) is 3. The van der Waals surface area contributed by atoms with Crippen LogP contribution in [0.25, 0.3) is 0 Å². The summed E-state index contributed by atoms with van der Waals surface area (Å²) < 4.78 is 7.76. The molecule has 24 heavy (non-hydrogen) atoms. The third-order valence-electron chi connectivity index (χ3n) is 4.80. The number of likely N-dealkylation sites (tertiary alicyclic amines) is 1. The molecule has 2 aliphatic rings. The van der Waals surface area contributed by atoms with E-state index in [1.54, 1.807) is 24.0 Å². The number of furan rings is 1. The van der Waals surface area contributed by atoms with Gasteiger partial charge in [0.15, 0.2) is 10.9 Å². The van der Waals surface area contributed by atoms with Gasteiger partial charge in [0, 0.05) is 44.6 Å². The molecule has 0 radical (unpaired) electrons. The number of imidazole rings is 1. The van der Waals surface area contributed by atoms with Gasteiger partial charge in [-0.1, -0.05) is 11.8 Å². The number of aromatic nitrogens is 2. The quantitative estimate of drug-likeness (QED) is 0.861. The molecule has 2 bridgehead atoms. The standard InChI is InChI=1S/C17H22N4O2S/c1-20-9-7-18-17(20)24-11-14-4-5-15(23-14)16(22)21-8-6-12-2-3-13(10-21)19-12/h4-5,7,9,12-13,19H,2-3,6,8,10-11H2,1H3. The third-order valence-corrected chi connectivity index (χ3v) is 5.88. The zero-order valence-corrected chi connectivity index (χ0v) is 14.6. The molecule has 0 spiro atoms. The normalized spacial score (nSPS) is 23.5. The van der Waals surface area contributed by atoms with Crippen molar-refractivity contribution in [2.75, 3.05) is 13.1 Å². The second-order valence-corrected chi connectivity index (χ2v) is 7.50. The number of aryl methyl sites for hydroxylation is 1. The molecule has 4 heterocycles. The van der Waals surface area contributed by atoms with Gasteiger partial charge in [-0.2, -0.15) is 0 Å². The van der Waals surface area contributed by atoms with Crippen LogP contribution in [-0.2, 0) is 12.8 Å². The Hall–Kier alpha value is -1.73. The predicted molar refractivity (Wildman–Crippen MR) is 91.9 cm³/mol. The van der Waals surface area contributed by atoms with Gasteiger partial charge in [-0.25, -0.2) is 4.98 Å². The van der Waals surface area contributed by atoms with Crippen LogP contribution in [0.5, 0.6) is 0 Å². The van der Waals surface area contributed by atoms with Crippen LogP contribution in [0.1, 0.15) is 35.6 Å². The van der Waals surface area contributed by atoms with Gasteiger partial charge in [0.1, 0.15) is 5.76 Å². The molecule has 6 nitrogen and oxygen atoms in total. The average molecular weight is 346 g/mol. The summed E-state index contributed by atoms with van der Waals surface area (Å²) in [6.45, 7) is 1.60. The summed E-state index contributed by atoms with van der Waals surface area (Å²) in [5, 5.41) is 4.54. The van der Waals surface area contributed by atoms with Crippen molar-refractivity contribution in [2.24, 2.45) is 7.05 Å². The number of amides is 1. The minimum Gasteiger partial charge on any atom is -0.455 e. The van der Waals surface area contributed by atoms with E-state index in [1.165, 1.54) is 6.42 Å². The number of fused-ring (bicyclic) bond motifs is 2. The minimum absolute atomic E-state index is 0.0117. The Kier molecular flexibility index (Phi) is 4.37. The van der Waals surface area contributed by atoms with Crippen molar-refractivity contribution in [1.82, 2.24) is 19.8 Å². The molecule has 2 unspecified atom stereocenters. The predicted octanol–water partition coefficient (Wildman–Crippen LogP) is 2.27. The van der Waals surface area contributed by atoms with E-state index in [0.29, 0.717) is 23.6 Å². The second-order valence-electron chi connectivity index (χ2n) is 6.55. The number of carbonyl (C=O) groups is 1. The summed E-state index contributed by atoms with van der Waals surface area (Å²) in [5.74, 6) is 1.94. The lowest BCUT2D eigenvalue weighted by Crippen LogP contribution is -2.38. The van der Waals surface area contributed by atoms with Crippen LogP contribution in [0, 0.1) is 0 Å². The highest BCUT2D eigenvalue weighted by Crippen LogP contribution is 2.24. The van der Waals surface area contributed by atoms with Gasteiger partial charge in [-0.05, 0) is 31.4 Å². The van der Waals surface area contributed by atoms with Crippen LogP contribution in [0.4, 0.5) is 0 Å². The van der Waals surface area contributed by atoms with E-state index in [1.807, 2.05) is 28.8 Å². The molecule has 7 heteroatoms. The van der Waals surface area contributed by atoms with E-state index in [0.717, 1.165) is 36.8 Å². The lowest BCUT2D eigenvalue weighted by atomic mass is 10.1. The second kappa shape index (κ2) is 6.64. The van der Waals surface area contributed by atoms with E-state index >= 15 is 0 Å². The lowest BCUT2D eigenvalue weighted by Gasteiger charge is -2.23. The highest BCUT2D eigenvalue weighted by molar-refractivity contribution is 7.98. The van der Waals surface area contributed by atoms with Crippen LogP contribution in [0.2, 0.25) is 0 Å². The van der Waals surface area contributed by atoms with E-state index in [-0.39, 0.29) is 5.91 Å². The highest BCUT2D eigenvalue weighted by atomic mass is 32.2. The Bertz CT molecular complexity index is 726. The van der Waals surface area contributed by atoms with E-state index in [2.05, 4.69) is 10.3 Å². The number of rotatable bonds is 4. The van der Waals surface area contributed by atoms with Crippen LogP contribution >= 0.6 is 11.8 Å². The summed E-state index contributed by atoms with van der Waals surface area (Å²) in [4.78, 5) is 18.9. The average Bonchev–Trinajstić information content (AvgIpc) is 3.26. The van der Waals surface area contributed by atoms with Gasteiger partial charge in [0.2, 0.25) is 0 Å². The monoisotopic (exact) mass is 346 g/mol. The molecule has 1 amide bonds. The molecule has 2 atom stereocenters. The first-order valence-corrected chi connectivity index (χ1v) is 9.42. The van der Waals surface area contributed by atoms with Gasteiger partial charge in [-0.3, -0.25) is 4.79 Å². The van der Waals surface area contributed by atoms with Crippen LogP contribution in [-0.4, -0.2) is 45.5 Å². The number of nitrogens with one attached hydrogen (secondary N) is 1. The molecule has 2 fully saturated rings. The smallest absolute Gasteiger partial charge is 0.289 e. The molecule has 0 saturated carbocycles. The fourth-order valence-electron chi connectivity index (χ4n) is 3.48. The Morgan fingerprint density at radius 2 is 2.25 bits per heavy atom. The molecule has 2 saturated heterocycles. The maximum atomic E-state index is 12.7. The zero-order chi connectivity index (χ0) is 16.5. The molecular formula is C17H22N4O2S. The number of hydrogen-bond donors (Lipinski definition) is 1. The minimum atomic E-state index is 0.0117. The van der Waals surface area contributed by atoms with Crippen LogP contribution < -0.4 is 5.32 Å². The molecule has 2 aliphatic heterocycles. The first-order chi connectivity index (χ1) is 11.7. The Morgan fingerprint density at radius 3 is 3.08 bits per heavy atom. The van der Waals surface area contributed by atoms with E-state index in [4.69, 9.17) is 4.42 Å². The molecule has 2 aromatic heterocycles. The summed E-state index contributed by atoms with van der Waals surface area (Å²) in [6.07, 6.45) is 7.13. The first-order valence-electron chi connectivity index (χ1n) is 8.43. The van der Waals surface area contributed by atoms with Crippen molar-refractivity contribution in [1.29, 1.82) is 0 Å². The van der Waals surface area contributed by atoms with Gasteiger partial charge < -0.3 is 19.2 Å². The molecule has 0 aliphatic carbocycles. The maximum absolute atomic E-state index is 12.7. The lowest BCUT2D eigenvalue weighted by molar-refractivity contribution is 0.0714. The largest absolute Gasteiger partial charge is 0.455 e. The highest BCUT2D eigenvalue weighted by Gasteiger charge is 2.32. The first kappa shape index (κ1) is 15.8. The van der Waals surface area contributed by atoms with Crippen molar-refractivity contribution in [2.45, 2.75) is 42.3 Å². The van der Waals surface area contributed by atoms with Gasteiger partial charge in [0.05, 0.1) is 5.75 Å². The SMILES string of the molecule is Cn1ccnc1SCc1ccc(C(=O)N2CCC3CCC(C2)N3)o1. The van der Waals surface area contributed by atoms with E-state index < -0.39 is 0 Å². The Morgan fingerprint density at radius 1 is 1.38 bits per heavy atom. The summed E-state index contributed by atoms with van der Waals surface area (Å²) in [6, 6.07) is 4.71. The zero-order valence-electron chi connectivity index (χ0n) is 13.8. The summed E-state index contributed by atoms with van der Waals surface area (Å²) >= 11 is 1.60. The van der Waals surface area contributed by atoms with Crippen molar-refractivity contribution in [3.63, 3.8) is 0 Å². The van der Waals surface area contributed by atoms with Crippen molar-refractivity contribution in [3.05, 3.63) is 36.0 Å². The molecule has 128 valence electrons. The number of hydrogen-bond acceptors (Lipinski definition) is 5. The molecule has 2 aromatic rings. The summed E-state index contributed by atoms with van der Waals surface area (Å²) in [7, 11) is 1.97. The topological polar surface area (TPSA) is 63.3 Å². The molecule has 1 N–H and O–H groups in total. The Labute approximate surface area is 145 Å². The van der Waals surface area contributed by atoms with Gasteiger partial charge >= 0.3 is 0 Å². The maximum Gasteiger partial charge on any atom is 0.289 e. The Balaban J connectivity index is 1.38.